The molecule has 0 saturated carbocycles. The van der Waals surface area contributed by atoms with Gasteiger partial charge in [-0.2, -0.15) is 0 Å². The first-order valence-electron chi connectivity index (χ1n) is 7.13. The van der Waals surface area contributed by atoms with Crippen molar-refractivity contribution in [3.63, 3.8) is 0 Å². The van der Waals surface area contributed by atoms with Crippen molar-refractivity contribution in [3.05, 3.63) is 24.5 Å². The van der Waals surface area contributed by atoms with Crippen molar-refractivity contribution in [3.8, 4) is 0 Å². The van der Waals surface area contributed by atoms with Crippen LogP contribution in [0.2, 0.25) is 0 Å². The summed E-state index contributed by atoms with van der Waals surface area (Å²) < 4.78 is 0. The van der Waals surface area contributed by atoms with Gasteiger partial charge in [0.25, 0.3) is 0 Å². The van der Waals surface area contributed by atoms with Crippen molar-refractivity contribution in [1.29, 1.82) is 0 Å². The zero-order valence-corrected chi connectivity index (χ0v) is 14.9. The second-order valence-corrected chi connectivity index (χ2v) is 6.01. The van der Waals surface area contributed by atoms with Crippen molar-refractivity contribution in [1.82, 2.24) is 0 Å². The Morgan fingerprint density at radius 3 is 0.900 bits per heavy atom. The van der Waals surface area contributed by atoms with Gasteiger partial charge in [0.2, 0.25) is 0 Å². The fourth-order valence-electron chi connectivity index (χ4n) is 0. The van der Waals surface area contributed by atoms with Crippen molar-refractivity contribution in [2.75, 3.05) is 13.2 Å². The second-order valence-electron chi connectivity index (χ2n) is 6.01. The molecule has 0 radical (unpaired) electrons. The van der Waals surface area contributed by atoms with Crippen LogP contribution in [0.3, 0.4) is 0 Å². The summed E-state index contributed by atoms with van der Waals surface area (Å²) >= 11 is 0. The Morgan fingerprint density at radius 1 is 0.800 bits per heavy atom. The van der Waals surface area contributed by atoms with Crippen LogP contribution < -0.4 is 0 Å². The van der Waals surface area contributed by atoms with Gasteiger partial charge in [0.15, 0.2) is 0 Å². The molecule has 3 N–H and O–H groups in total. The largest absolute Gasteiger partial charge is 0.513 e. The van der Waals surface area contributed by atoms with E-state index >= 15 is 0 Å². The third-order valence-electron chi connectivity index (χ3n) is 1.40. The van der Waals surface area contributed by atoms with E-state index in [9.17, 15) is 0 Å². The Kier molecular flexibility index (Phi) is 28.2. The minimum absolute atomic E-state index is 0.213. The highest BCUT2D eigenvalue weighted by molar-refractivity contribution is 4.81. The van der Waals surface area contributed by atoms with Crippen LogP contribution in [0.25, 0.3) is 0 Å². The number of hydrogen-bond acceptors (Lipinski definition) is 3. The Balaban J connectivity index is -0.0000000862. The summed E-state index contributed by atoms with van der Waals surface area (Å²) in [6.07, 6.45) is 0. The van der Waals surface area contributed by atoms with Crippen LogP contribution in [-0.4, -0.2) is 28.5 Å². The molecule has 0 aromatic carbocycles. The molecule has 0 aliphatic rings. The van der Waals surface area contributed by atoms with Gasteiger partial charge in [-0.1, -0.05) is 53.7 Å². The molecule has 0 bridgehead atoms. The first-order valence-corrected chi connectivity index (χ1v) is 7.13. The van der Waals surface area contributed by atoms with Gasteiger partial charge in [0.05, 0.1) is 5.76 Å². The van der Waals surface area contributed by atoms with E-state index in [1.165, 1.54) is 5.57 Å². The smallest absolute Gasteiger partial charge is 0.0876 e. The maximum absolute atomic E-state index is 8.44. The lowest BCUT2D eigenvalue weighted by atomic mass is 10.2. The maximum Gasteiger partial charge on any atom is 0.0876 e. The van der Waals surface area contributed by atoms with E-state index in [2.05, 4.69) is 13.2 Å². The van der Waals surface area contributed by atoms with Gasteiger partial charge in [-0.05, 0) is 25.7 Å². The van der Waals surface area contributed by atoms with E-state index in [4.69, 9.17) is 15.3 Å². The molecule has 0 amide bonds. The molecule has 3 heteroatoms. The summed E-state index contributed by atoms with van der Waals surface area (Å²) in [4.78, 5) is 0. The van der Waals surface area contributed by atoms with E-state index < -0.39 is 0 Å². The number of aliphatic hydroxyl groups excluding tert-OH is 3. The molecule has 0 spiro atoms. The van der Waals surface area contributed by atoms with Gasteiger partial charge in [-0.25, -0.2) is 0 Å². The molecule has 0 aromatic rings. The highest BCUT2D eigenvalue weighted by Gasteiger charge is 1.91. The first kappa shape index (κ1) is 27.5. The van der Waals surface area contributed by atoms with Gasteiger partial charge in [0, 0.05) is 19.1 Å². The van der Waals surface area contributed by atoms with Crippen LogP contribution in [0.5, 0.6) is 0 Å². The Morgan fingerprint density at radius 2 is 0.900 bits per heavy atom. The number of aliphatic hydroxyl groups is 3. The molecule has 0 rings (SSSR count). The van der Waals surface area contributed by atoms with Crippen molar-refractivity contribution >= 4 is 0 Å². The van der Waals surface area contributed by atoms with Gasteiger partial charge in [0.1, 0.15) is 0 Å². The molecule has 0 aliphatic heterocycles. The van der Waals surface area contributed by atoms with Crippen LogP contribution >= 0.6 is 0 Å². The molecule has 0 atom stereocenters. The molecule has 20 heavy (non-hydrogen) atoms. The Labute approximate surface area is 127 Å². The molecule has 0 saturated heterocycles. The van der Waals surface area contributed by atoms with E-state index in [0.29, 0.717) is 25.0 Å². The maximum atomic E-state index is 8.44. The minimum atomic E-state index is 0.213. The summed E-state index contributed by atoms with van der Waals surface area (Å²) in [6.45, 7) is 23.1. The molecule has 0 heterocycles. The standard InChI is InChI=1S/C5H10O.2C4H10O.C4H8/c1-4(2)5(3)6;2*1-4(2)3-5;1-4(2)3/h4,6H,3H2,1-2H3;2*4-5H,3H2,1-2H3;1H2,2-3H3. The summed E-state index contributed by atoms with van der Waals surface area (Å²) in [5, 5.41) is 24.7. The predicted molar refractivity (Wildman–Crippen MR) is 90.9 cm³/mol. The van der Waals surface area contributed by atoms with E-state index in [0.717, 1.165) is 0 Å². The highest BCUT2D eigenvalue weighted by Crippen LogP contribution is 1.99. The predicted octanol–water partition coefficient (Wildman–Crippen LogP) is 4.57. The molecule has 3 nitrogen and oxygen atoms in total. The molecule has 124 valence electrons. The summed E-state index contributed by atoms with van der Waals surface area (Å²) in [5.41, 5.74) is 1.17. The third-order valence-corrected chi connectivity index (χ3v) is 1.40. The number of hydrogen-bond donors (Lipinski definition) is 3. The van der Waals surface area contributed by atoms with Crippen molar-refractivity contribution < 1.29 is 15.3 Å². The van der Waals surface area contributed by atoms with Gasteiger partial charge >= 0.3 is 0 Å². The summed E-state index contributed by atoms with van der Waals surface area (Å²) in [7, 11) is 0. The van der Waals surface area contributed by atoms with Crippen LogP contribution in [0.1, 0.15) is 55.4 Å². The minimum Gasteiger partial charge on any atom is -0.513 e. The van der Waals surface area contributed by atoms with Crippen LogP contribution in [0, 0.1) is 17.8 Å². The average molecular weight is 290 g/mol. The van der Waals surface area contributed by atoms with Gasteiger partial charge in [-0.15, -0.1) is 6.58 Å². The zero-order chi connectivity index (χ0) is 17.3. The first-order chi connectivity index (χ1) is 8.91. The lowest BCUT2D eigenvalue weighted by Crippen LogP contribution is -1.90. The van der Waals surface area contributed by atoms with Gasteiger partial charge < -0.3 is 15.3 Å². The molecular formula is C17H38O3. The average Bonchev–Trinajstić information content (AvgIpc) is 2.29. The zero-order valence-electron chi connectivity index (χ0n) is 14.9. The quantitative estimate of drug-likeness (QED) is 0.527. The second kappa shape index (κ2) is 20.5. The monoisotopic (exact) mass is 290 g/mol. The topological polar surface area (TPSA) is 60.7 Å². The number of rotatable bonds is 3. The normalized spacial score (nSPS) is 8.85. The summed E-state index contributed by atoms with van der Waals surface area (Å²) in [5.74, 6) is 1.35. The fourth-order valence-corrected chi connectivity index (χ4v) is 0. The third kappa shape index (κ3) is 87.1. The van der Waals surface area contributed by atoms with Gasteiger partial charge in [-0.3, -0.25) is 0 Å². The molecular weight excluding hydrogens is 252 g/mol. The summed E-state index contributed by atoms with van der Waals surface area (Å²) in [6, 6.07) is 0. The lowest BCUT2D eigenvalue weighted by Gasteiger charge is -1.96. The molecule has 0 aromatic heterocycles. The van der Waals surface area contributed by atoms with Crippen molar-refractivity contribution in [2.24, 2.45) is 17.8 Å². The van der Waals surface area contributed by atoms with Crippen LogP contribution in [0.4, 0.5) is 0 Å². The molecule has 0 fully saturated rings. The molecule has 0 aliphatic carbocycles. The molecule has 0 unspecified atom stereocenters. The van der Waals surface area contributed by atoms with Crippen LogP contribution in [-0.2, 0) is 0 Å². The van der Waals surface area contributed by atoms with Crippen LogP contribution in [0.15, 0.2) is 24.5 Å². The fraction of sp³-hybridized carbons (Fsp3) is 0.765. The number of allylic oxidation sites excluding steroid dienone is 2. The van der Waals surface area contributed by atoms with E-state index in [-0.39, 0.29) is 11.7 Å². The Bertz CT molecular complexity index is 194. The van der Waals surface area contributed by atoms with E-state index in [1.54, 1.807) is 0 Å². The lowest BCUT2D eigenvalue weighted by molar-refractivity contribution is 0.248. The van der Waals surface area contributed by atoms with E-state index in [1.807, 2.05) is 55.4 Å². The Hall–Kier alpha value is -0.800. The highest BCUT2D eigenvalue weighted by atomic mass is 16.3. The SMILES string of the molecule is C=C(C)C.C=C(O)C(C)C.CC(C)CO.CC(C)CO. The van der Waals surface area contributed by atoms with Crippen molar-refractivity contribution in [2.45, 2.75) is 55.4 Å².